The monoisotopic (exact) mass is 506 g/mol. The minimum absolute atomic E-state index is 0.1000. The molecule has 2 aromatic carbocycles. The topological polar surface area (TPSA) is 76.5 Å². The number of methoxy groups -OCH3 is 1. The van der Waals surface area contributed by atoms with Gasteiger partial charge in [0, 0.05) is 18.1 Å². The molecular formula is C24H22ClF3N4O3. The summed E-state index contributed by atoms with van der Waals surface area (Å²) in [5.74, 6) is -1.31. The third kappa shape index (κ3) is 4.97. The Morgan fingerprint density at radius 1 is 1.14 bits per heavy atom. The van der Waals surface area contributed by atoms with Gasteiger partial charge in [-0.25, -0.2) is 9.48 Å². The summed E-state index contributed by atoms with van der Waals surface area (Å²) < 4.78 is 47.4. The highest BCUT2D eigenvalue weighted by Crippen LogP contribution is 2.39. The SMILES string of the molecule is COC(=O)c1ccc(C(C)NC(=O)c2c(C(F)(F)F)nn3c2N(Cc2ccccc2Cl)CC3)cc1. The molecule has 1 aliphatic heterocycles. The number of carbonyl (C=O) groups is 2. The molecule has 0 spiro atoms. The van der Waals surface area contributed by atoms with E-state index in [4.69, 9.17) is 11.6 Å². The van der Waals surface area contributed by atoms with Gasteiger partial charge in [-0.3, -0.25) is 4.79 Å². The van der Waals surface area contributed by atoms with Crippen LogP contribution >= 0.6 is 11.6 Å². The average Bonchev–Trinajstić information content (AvgIpc) is 3.40. The first-order valence-electron chi connectivity index (χ1n) is 10.8. The standard InChI is InChI=1S/C24H22ClF3N4O3/c1-14(15-7-9-16(10-8-15)23(34)35-2)29-21(33)19-20(24(26,27)28)30-32-12-11-31(22(19)32)13-17-5-3-4-6-18(17)25/h3-10,14H,11-13H2,1-2H3,(H,29,33). The lowest BCUT2D eigenvalue weighted by atomic mass is 10.1. The normalized spacial score (nSPS) is 13.9. The van der Waals surface area contributed by atoms with Crippen LogP contribution in [0.1, 0.15) is 50.5 Å². The largest absolute Gasteiger partial charge is 0.465 e. The van der Waals surface area contributed by atoms with Gasteiger partial charge in [0.25, 0.3) is 5.91 Å². The number of anilines is 1. The van der Waals surface area contributed by atoms with Crippen molar-refractivity contribution in [1.82, 2.24) is 15.1 Å². The Labute approximate surface area is 204 Å². The molecule has 184 valence electrons. The van der Waals surface area contributed by atoms with E-state index < -0.39 is 35.4 Å². The summed E-state index contributed by atoms with van der Waals surface area (Å²) in [6.45, 7) is 2.47. The number of carbonyl (C=O) groups excluding carboxylic acids is 2. The molecule has 1 amide bonds. The predicted octanol–water partition coefficient (Wildman–Crippen LogP) is 4.85. The third-order valence-electron chi connectivity index (χ3n) is 5.80. The smallest absolute Gasteiger partial charge is 0.436 e. The van der Waals surface area contributed by atoms with Crippen LogP contribution in [0.3, 0.4) is 0 Å². The second-order valence-electron chi connectivity index (χ2n) is 8.09. The third-order valence-corrected chi connectivity index (χ3v) is 6.17. The van der Waals surface area contributed by atoms with Crippen molar-refractivity contribution < 1.29 is 27.5 Å². The van der Waals surface area contributed by atoms with Crippen molar-refractivity contribution in [2.24, 2.45) is 0 Å². The highest BCUT2D eigenvalue weighted by molar-refractivity contribution is 6.31. The van der Waals surface area contributed by atoms with Crippen molar-refractivity contribution in [2.75, 3.05) is 18.6 Å². The van der Waals surface area contributed by atoms with Gasteiger partial charge in [0.1, 0.15) is 11.4 Å². The number of alkyl halides is 3. The average molecular weight is 507 g/mol. The molecule has 0 saturated heterocycles. The molecule has 1 unspecified atom stereocenters. The number of nitrogens with zero attached hydrogens (tertiary/aromatic N) is 3. The molecule has 0 fully saturated rings. The molecule has 35 heavy (non-hydrogen) atoms. The van der Waals surface area contributed by atoms with Gasteiger partial charge in [-0.15, -0.1) is 0 Å². The van der Waals surface area contributed by atoms with E-state index in [9.17, 15) is 22.8 Å². The number of ether oxygens (including phenoxy) is 1. The van der Waals surface area contributed by atoms with Gasteiger partial charge in [0.2, 0.25) is 0 Å². The zero-order valence-electron chi connectivity index (χ0n) is 18.9. The molecule has 4 rings (SSSR count). The lowest BCUT2D eigenvalue weighted by molar-refractivity contribution is -0.141. The van der Waals surface area contributed by atoms with Crippen molar-refractivity contribution in [3.05, 3.63) is 81.5 Å². The molecule has 1 aromatic heterocycles. The highest BCUT2D eigenvalue weighted by Gasteiger charge is 2.44. The molecule has 0 aliphatic carbocycles. The molecule has 2 heterocycles. The molecule has 7 nitrogen and oxygen atoms in total. The van der Waals surface area contributed by atoms with E-state index in [0.717, 1.165) is 5.56 Å². The number of hydrogen-bond donors (Lipinski definition) is 1. The summed E-state index contributed by atoms with van der Waals surface area (Å²) in [6, 6.07) is 12.7. The van der Waals surface area contributed by atoms with E-state index in [-0.39, 0.29) is 18.9 Å². The number of nitrogens with one attached hydrogen (secondary N) is 1. The molecule has 1 N–H and O–H groups in total. The van der Waals surface area contributed by atoms with Crippen LogP contribution in [0, 0.1) is 0 Å². The molecule has 3 aromatic rings. The fraction of sp³-hybridized carbons (Fsp3) is 0.292. The van der Waals surface area contributed by atoms with E-state index in [0.29, 0.717) is 22.7 Å². The Kier molecular flexibility index (Phi) is 6.75. The Hall–Kier alpha value is -3.53. The van der Waals surface area contributed by atoms with Crippen LogP contribution in [-0.4, -0.2) is 35.3 Å². The van der Waals surface area contributed by atoms with Crippen LogP contribution in [0.15, 0.2) is 48.5 Å². The maximum Gasteiger partial charge on any atom is 0.436 e. The van der Waals surface area contributed by atoms with Gasteiger partial charge in [-0.1, -0.05) is 41.9 Å². The van der Waals surface area contributed by atoms with Crippen LogP contribution in [0.5, 0.6) is 0 Å². The zero-order valence-corrected chi connectivity index (χ0v) is 19.7. The first kappa shape index (κ1) is 24.6. The van der Waals surface area contributed by atoms with Crippen molar-refractivity contribution >= 4 is 29.3 Å². The minimum atomic E-state index is -4.81. The minimum Gasteiger partial charge on any atom is -0.465 e. The second kappa shape index (κ2) is 9.61. The summed E-state index contributed by atoms with van der Waals surface area (Å²) in [7, 11) is 1.26. The maximum atomic E-state index is 13.9. The lowest BCUT2D eigenvalue weighted by Gasteiger charge is -2.21. The van der Waals surface area contributed by atoms with Crippen LogP contribution in [0.25, 0.3) is 0 Å². The highest BCUT2D eigenvalue weighted by atomic mass is 35.5. The molecule has 0 radical (unpaired) electrons. The fourth-order valence-electron chi connectivity index (χ4n) is 4.02. The number of amides is 1. The van der Waals surface area contributed by atoms with Crippen LogP contribution in [-0.2, 0) is 24.0 Å². The van der Waals surface area contributed by atoms with Crippen molar-refractivity contribution in [3.63, 3.8) is 0 Å². The van der Waals surface area contributed by atoms with Gasteiger partial charge in [0.05, 0.1) is 25.3 Å². The number of aromatic nitrogens is 2. The van der Waals surface area contributed by atoms with Crippen molar-refractivity contribution in [1.29, 1.82) is 0 Å². The van der Waals surface area contributed by atoms with Crippen molar-refractivity contribution in [2.45, 2.75) is 32.2 Å². The molecular weight excluding hydrogens is 485 g/mol. The van der Waals surface area contributed by atoms with E-state index in [2.05, 4.69) is 15.2 Å². The second-order valence-corrected chi connectivity index (χ2v) is 8.50. The zero-order chi connectivity index (χ0) is 25.3. The van der Waals surface area contributed by atoms with Gasteiger partial charge in [-0.05, 0) is 36.2 Å². The summed E-state index contributed by atoms with van der Waals surface area (Å²) in [5.41, 5.74) is -0.111. The van der Waals surface area contributed by atoms with Crippen LogP contribution in [0.4, 0.5) is 19.0 Å². The summed E-state index contributed by atoms with van der Waals surface area (Å²) in [4.78, 5) is 26.5. The number of benzene rings is 2. The quantitative estimate of drug-likeness (QED) is 0.484. The van der Waals surface area contributed by atoms with E-state index in [1.165, 1.54) is 23.9 Å². The maximum absolute atomic E-state index is 13.9. The summed E-state index contributed by atoms with van der Waals surface area (Å²) >= 11 is 6.25. The number of fused-ring (bicyclic) bond motifs is 1. The van der Waals surface area contributed by atoms with Gasteiger partial charge in [-0.2, -0.15) is 18.3 Å². The number of rotatable bonds is 6. The van der Waals surface area contributed by atoms with Gasteiger partial charge < -0.3 is 15.0 Å². The Morgan fingerprint density at radius 2 is 1.83 bits per heavy atom. The predicted molar refractivity (Wildman–Crippen MR) is 123 cm³/mol. The molecule has 1 aliphatic rings. The molecule has 0 saturated carbocycles. The first-order chi connectivity index (χ1) is 16.6. The Bertz CT molecular complexity index is 1260. The molecule has 11 heteroatoms. The van der Waals surface area contributed by atoms with E-state index in [1.807, 2.05) is 0 Å². The fourth-order valence-corrected chi connectivity index (χ4v) is 4.22. The number of hydrogen-bond acceptors (Lipinski definition) is 5. The Morgan fingerprint density at radius 3 is 2.46 bits per heavy atom. The molecule has 0 bridgehead atoms. The summed E-state index contributed by atoms with van der Waals surface area (Å²) in [6.07, 6.45) is -4.81. The lowest BCUT2D eigenvalue weighted by Crippen LogP contribution is -2.31. The number of esters is 1. The summed E-state index contributed by atoms with van der Waals surface area (Å²) in [5, 5.41) is 6.84. The molecule has 1 atom stereocenters. The van der Waals surface area contributed by atoms with Crippen LogP contribution < -0.4 is 10.2 Å². The van der Waals surface area contributed by atoms with Gasteiger partial charge in [0.15, 0.2) is 5.69 Å². The van der Waals surface area contributed by atoms with Crippen LogP contribution in [0.2, 0.25) is 5.02 Å². The number of halogens is 4. The van der Waals surface area contributed by atoms with Gasteiger partial charge >= 0.3 is 12.1 Å². The first-order valence-corrected chi connectivity index (χ1v) is 11.1. The Balaban J connectivity index is 1.64. The van der Waals surface area contributed by atoms with E-state index in [1.54, 1.807) is 48.2 Å². The van der Waals surface area contributed by atoms with Crippen molar-refractivity contribution in [3.8, 4) is 0 Å². The van der Waals surface area contributed by atoms with E-state index >= 15 is 0 Å².